The summed E-state index contributed by atoms with van der Waals surface area (Å²) in [6, 6.07) is 7.26. The van der Waals surface area contributed by atoms with Gasteiger partial charge in [0.1, 0.15) is 18.0 Å². The van der Waals surface area contributed by atoms with E-state index in [9.17, 15) is 4.79 Å². The van der Waals surface area contributed by atoms with E-state index in [1.807, 2.05) is 12.1 Å². The molecule has 2 aliphatic heterocycles. The van der Waals surface area contributed by atoms with Crippen molar-refractivity contribution in [3.8, 4) is 5.75 Å². The van der Waals surface area contributed by atoms with Crippen LogP contribution in [0.1, 0.15) is 36.0 Å². The van der Waals surface area contributed by atoms with Crippen LogP contribution in [0.25, 0.3) is 0 Å². The van der Waals surface area contributed by atoms with Gasteiger partial charge in [0.15, 0.2) is 0 Å². The van der Waals surface area contributed by atoms with E-state index in [1.54, 1.807) is 12.1 Å². The molecule has 2 unspecified atom stereocenters. The van der Waals surface area contributed by atoms with E-state index >= 15 is 0 Å². The predicted octanol–water partition coefficient (Wildman–Crippen LogP) is 2.19. The van der Waals surface area contributed by atoms with Crippen molar-refractivity contribution in [2.45, 2.75) is 37.9 Å². The van der Waals surface area contributed by atoms with Crippen molar-refractivity contribution >= 4 is 5.91 Å². The van der Waals surface area contributed by atoms with E-state index in [2.05, 4.69) is 5.32 Å². The molecular formula is C21H31NO6. The standard InChI is InChI=1S/C21H31NO6/c23-21(22-9-1-2-10-24-13-19-15-27-19)17-5-7-18(8-6-17)26-12-4-3-11-25-14-20-16-28-20/h5-8,19-20H,1-4,9-16H2,(H,22,23). The molecule has 1 aromatic carbocycles. The fourth-order valence-corrected chi connectivity index (χ4v) is 2.59. The third-order valence-electron chi connectivity index (χ3n) is 4.48. The smallest absolute Gasteiger partial charge is 0.251 e. The highest BCUT2D eigenvalue weighted by molar-refractivity contribution is 5.94. The zero-order chi connectivity index (χ0) is 19.4. The first kappa shape index (κ1) is 21.0. The van der Waals surface area contributed by atoms with Crippen LogP contribution in [-0.2, 0) is 18.9 Å². The molecule has 2 fully saturated rings. The molecule has 156 valence electrons. The molecule has 0 spiro atoms. The van der Waals surface area contributed by atoms with E-state index in [-0.39, 0.29) is 5.91 Å². The van der Waals surface area contributed by atoms with Gasteiger partial charge in [-0.05, 0) is 49.9 Å². The van der Waals surface area contributed by atoms with Crippen molar-refractivity contribution in [3.63, 3.8) is 0 Å². The summed E-state index contributed by atoms with van der Waals surface area (Å²) in [7, 11) is 0. The van der Waals surface area contributed by atoms with E-state index < -0.39 is 0 Å². The van der Waals surface area contributed by atoms with Gasteiger partial charge < -0.3 is 29.0 Å². The molecule has 2 atom stereocenters. The van der Waals surface area contributed by atoms with Crippen LogP contribution >= 0.6 is 0 Å². The number of amides is 1. The first-order valence-electron chi connectivity index (χ1n) is 10.2. The monoisotopic (exact) mass is 393 g/mol. The van der Waals surface area contributed by atoms with Gasteiger partial charge in [0.25, 0.3) is 5.91 Å². The van der Waals surface area contributed by atoms with Gasteiger partial charge in [0.05, 0.1) is 33.0 Å². The van der Waals surface area contributed by atoms with Gasteiger partial charge in [-0.15, -0.1) is 0 Å². The predicted molar refractivity (Wildman–Crippen MR) is 104 cm³/mol. The maximum atomic E-state index is 12.1. The van der Waals surface area contributed by atoms with Crippen LogP contribution in [0, 0.1) is 0 Å². The van der Waals surface area contributed by atoms with Crippen LogP contribution in [0.2, 0.25) is 0 Å². The molecule has 3 rings (SSSR count). The zero-order valence-corrected chi connectivity index (χ0v) is 16.4. The minimum atomic E-state index is -0.0596. The molecule has 0 saturated carbocycles. The van der Waals surface area contributed by atoms with Crippen molar-refractivity contribution in [3.05, 3.63) is 29.8 Å². The largest absolute Gasteiger partial charge is 0.494 e. The second-order valence-corrected chi connectivity index (χ2v) is 7.10. The van der Waals surface area contributed by atoms with E-state index in [0.717, 1.165) is 51.3 Å². The van der Waals surface area contributed by atoms with E-state index in [4.69, 9.17) is 23.7 Å². The first-order valence-corrected chi connectivity index (χ1v) is 10.2. The second-order valence-electron chi connectivity index (χ2n) is 7.10. The fourth-order valence-electron chi connectivity index (χ4n) is 2.59. The third-order valence-corrected chi connectivity index (χ3v) is 4.48. The topological polar surface area (TPSA) is 81.9 Å². The van der Waals surface area contributed by atoms with Gasteiger partial charge in [0.2, 0.25) is 0 Å². The van der Waals surface area contributed by atoms with Gasteiger partial charge in [-0.25, -0.2) is 0 Å². The highest BCUT2D eigenvalue weighted by Crippen LogP contribution is 2.13. The molecule has 1 aromatic rings. The highest BCUT2D eigenvalue weighted by atomic mass is 16.6. The van der Waals surface area contributed by atoms with Crippen molar-refractivity contribution in [1.82, 2.24) is 5.32 Å². The lowest BCUT2D eigenvalue weighted by molar-refractivity contribution is 0.0945. The summed E-state index contributed by atoms with van der Waals surface area (Å²) in [6.07, 6.45) is 4.37. The van der Waals surface area contributed by atoms with Gasteiger partial charge in [0, 0.05) is 25.3 Å². The normalized spacial score (nSPS) is 20.0. The Morgan fingerprint density at radius 1 is 0.893 bits per heavy atom. The molecule has 28 heavy (non-hydrogen) atoms. The minimum absolute atomic E-state index is 0.0596. The summed E-state index contributed by atoms with van der Waals surface area (Å²) in [6.45, 7) is 5.79. The SMILES string of the molecule is O=C(NCCCCOCC1CO1)c1ccc(OCCCCOCC2CO2)cc1. The summed E-state index contributed by atoms with van der Waals surface area (Å²) in [5.74, 6) is 0.719. The van der Waals surface area contributed by atoms with Crippen molar-refractivity contribution in [1.29, 1.82) is 0 Å². The number of carbonyl (C=O) groups excluding carboxylic acids is 1. The average molecular weight is 393 g/mol. The molecule has 2 saturated heterocycles. The van der Waals surface area contributed by atoms with Crippen molar-refractivity contribution in [2.24, 2.45) is 0 Å². The van der Waals surface area contributed by atoms with Crippen LogP contribution in [0.3, 0.4) is 0 Å². The first-order chi connectivity index (χ1) is 13.8. The Balaban J connectivity index is 1.18. The van der Waals surface area contributed by atoms with Crippen LogP contribution in [-0.4, -0.2) is 70.9 Å². The minimum Gasteiger partial charge on any atom is -0.494 e. The Hall–Kier alpha value is -1.67. The van der Waals surface area contributed by atoms with Gasteiger partial charge >= 0.3 is 0 Å². The lowest BCUT2D eigenvalue weighted by Crippen LogP contribution is -2.24. The number of hydrogen-bond donors (Lipinski definition) is 1. The van der Waals surface area contributed by atoms with Crippen LogP contribution in [0.4, 0.5) is 0 Å². The molecule has 2 aliphatic rings. The number of hydrogen-bond acceptors (Lipinski definition) is 6. The summed E-state index contributed by atoms with van der Waals surface area (Å²) < 4.78 is 26.8. The highest BCUT2D eigenvalue weighted by Gasteiger charge is 2.22. The maximum Gasteiger partial charge on any atom is 0.251 e. The molecule has 2 heterocycles. The van der Waals surface area contributed by atoms with Crippen molar-refractivity contribution < 1.29 is 28.5 Å². The fraction of sp³-hybridized carbons (Fsp3) is 0.667. The van der Waals surface area contributed by atoms with Gasteiger partial charge in [-0.1, -0.05) is 0 Å². The number of unbranched alkanes of at least 4 members (excludes halogenated alkanes) is 2. The average Bonchev–Trinajstić information content (AvgIpc) is 3.62. The zero-order valence-electron chi connectivity index (χ0n) is 16.4. The Kier molecular flexibility index (Phi) is 9.03. The number of benzene rings is 1. The molecule has 0 bridgehead atoms. The van der Waals surface area contributed by atoms with E-state index in [0.29, 0.717) is 50.7 Å². The number of rotatable bonds is 16. The summed E-state index contributed by atoms with van der Waals surface area (Å²) in [5, 5.41) is 2.93. The molecule has 1 N–H and O–H groups in total. The molecule has 0 aromatic heterocycles. The number of epoxide rings is 2. The summed E-state index contributed by atoms with van der Waals surface area (Å²) >= 11 is 0. The Morgan fingerprint density at radius 3 is 2.07 bits per heavy atom. The molecule has 0 aliphatic carbocycles. The van der Waals surface area contributed by atoms with Crippen LogP contribution in [0.5, 0.6) is 5.75 Å². The summed E-state index contributed by atoms with van der Waals surface area (Å²) in [5.41, 5.74) is 0.644. The maximum absolute atomic E-state index is 12.1. The van der Waals surface area contributed by atoms with Crippen LogP contribution in [0.15, 0.2) is 24.3 Å². The molecule has 1 amide bonds. The van der Waals surface area contributed by atoms with Crippen LogP contribution < -0.4 is 10.1 Å². The quantitative estimate of drug-likeness (QED) is 0.342. The molecule has 7 heteroatoms. The molecule has 0 radical (unpaired) electrons. The Bertz CT molecular complexity index is 571. The third kappa shape index (κ3) is 9.01. The van der Waals surface area contributed by atoms with E-state index in [1.165, 1.54) is 0 Å². The van der Waals surface area contributed by atoms with Gasteiger partial charge in [-0.3, -0.25) is 4.79 Å². The van der Waals surface area contributed by atoms with Gasteiger partial charge in [-0.2, -0.15) is 0 Å². The number of nitrogens with one attached hydrogen (secondary N) is 1. The Morgan fingerprint density at radius 2 is 1.46 bits per heavy atom. The number of ether oxygens (including phenoxy) is 5. The Labute approximate surface area is 166 Å². The number of carbonyl (C=O) groups is 1. The lowest BCUT2D eigenvalue weighted by Gasteiger charge is -2.08. The molecular weight excluding hydrogens is 362 g/mol. The molecule has 7 nitrogen and oxygen atoms in total. The second kappa shape index (κ2) is 12.0. The van der Waals surface area contributed by atoms with Crippen molar-refractivity contribution in [2.75, 3.05) is 52.8 Å². The summed E-state index contributed by atoms with van der Waals surface area (Å²) in [4.78, 5) is 12.1. The lowest BCUT2D eigenvalue weighted by atomic mass is 10.2.